The maximum absolute atomic E-state index is 16.3. The zero-order chi connectivity index (χ0) is 44.3. The average Bonchev–Trinajstić information content (AvgIpc) is 3.64. The highest BCUT2D eigenvalue weighted by atomic mass is 32.2. The molecular formula is C46H47FN7O7S+. The number of Topliss-reactive ketones (excluding diaryl/α,β-unsaturated/α-hetero) is 1. The third-order valence-corrected chi connectivity index (χ3v) is 11.7. The van der Waals surface area contributed by atoms with Crippen molar-refractivity contribution in [3.63, 3.8) is 0 Å². The minimum atomic E-state index is -4.40. The van der Waals surface area contributed by atoms with E-state index in [2.05, 4.69) is 15.0 Å². The molecule has 62 heavy (non-hydrogen) atoms. The Labute approximate surface area is 359 Å². The molecule has 14 nitrogen and oxygen atoms in total. The summed E-state index contributed by atoms with van der Waals surface area (Å²) in [5, 5.41) is 0. The van der Waals surface area contributed by atoms with Crippen LogP contribution in [0, 0.1) is 5.82 Å². The van der Waals surface area contributed by atoms with Gasteiger partial charge in [0.2, 0.25) is 0 Å². The second kappa shape index (κ2) is 20.2. The highest BCUT2D eigenvalue weighted by Crippen LogP contribution is 2.32. The summed E-state index contributed by atoms with van der Waals surface area (Å²) in [5.41, 5.74) is 1.80. The molecule has 0 spiro atoms. The Morgan fingerprint density at radius 3 is 2.05 bits per heavy atom. The zero-order valence-electron chi connectivity index (χ0n) is 34.7. The molecule has 6 aromatic rings. The first-order valence-corrected chi connectivity index (χ1v) is 21.8. The lowest BCUT2D eigenvalue weighted by molar-refractivity contribution is 0.0617. The number of rotatable bonds is 18. The fourth-order valence-electron chi connectivity index (χ4n) is 7.20. The third-order valence-electron chi connectivity index (χ3n) is 10.3. The van der Waals surface area contributed by atoms with E-state index in [-0.39, 0.29) is 70.2 Å². The van der Waals surface area contributed by atoms with Crippen molar-refractivity contribution in [2.75, 3.05) is 13.2 Å². The number of hydrogen-bond acceptors (Lipinski definition) is 11. The number of nitrogens with zero attached hydrogens (tertiary/aromatic N) is 6. The van der Waals surface area contributed by atoms with Gasteiger partial charge >= 0.3 is 17.9 Å². The number of halogens is 1. The zero-order valence-corrected chi connectivity index (χ0v) is 35.5. The lowest BCUT2D eigenvalue weighted by Gasteiger charge is -2.32. The fraction of sp³-hybridized carbons (Fsp3) is 0.261. The molecule has 0 aliphatic heterocycles. The first-order valence-electron chi connectivity index (χ1n) is 20.3. The molecule has 4 heterocycles. The van der Waals surface area contributed by atoms with E-state index in [1.807, 2.05) is 25.5 Å². The number of aromatic nitrogens is 5. The molecule has 3 amide bonds. The fourth-order valence-corrected chi connectivity index (χ4v) is 8.32. The van der Waals surface area contributed by atoms with E-state index in [1.54, 1.807) is 53.1 Å². The second-order valence-electron chi connectivity index (χ2n) is 14.4. The lowest BCUT2D eigenvalue weighted by Crippen LogP contribution is -2.59. The van der Waals surface area contributed by atoms with Gasteiger partial charge in [-0.15, -0.1) is 0 Å². The van der Waals surface area contributed by atoms with Gasteiger partial charge in [0.05, 0.1) is 47.5 Å². The molecule has 0 atom stereocenters. The molecule has 0 bridgehead atoms. The van der Waals surface area contributed by atoms with Crippen LogP contribution in [0.1, 0.15) is 94.7 Å². The van der Waals surface area contributed by atoms with Crippen molar-refractivity contribution in [1.82, 2.24) is 33.7 Å². The normalized spacial score (nSPS) is 11.5. The van der Waals surface area contributed by atoms with Gasteiger partial charge in [0, 0.05) is 54.6 Å². The van der Waals surface area contributed by atoms with Crippen molar-refractivity contribution in [3.8, 4) is 11.1 Å². The van der Waals surface area contributed by atoms with Crippen LogP contribution in [0.5, 0.6) is 0 Å². The molecule has 1 N–H and O–H groups in total. The van der Waals surface area contributed by atoms with E-state index in [4.69, 9.17) is 9.72 Å². The number of ketones is 1. The first-order chi connectivity index (χ1) is 29.9. The van der Waals surface area contributed by atoms with Gasteiger partial charge in [-0.2, -0.15) is 4.48 Å². The van der Waals surface area contributed by atoms with Crippen molar-refractivity contribution in [3.05, 3.63) is 156 Å². The summed E-state index contributed by atoms with van der Waals surface area (Å²) in [6, 6.07) is 19.7. The highest BCUT2D eigenvalue weighted by molar-refractivity contribution is 7.90. The number of carbonyl (C=O) groups is 4. The number of pyridine rings is 3. The van der Waals surface area contributed by atoms with Gasteiger partial charge in [0.1, 0.15) is 23.9 Å². The molecule has 16 heteroatoms. The van der Waals surface area contributed by atoms with Gasteiger partial charge in [-0.1, -0.05) is 57.5 Å². The van der Waals surface area contributed by atoms with Gasteiger partial charge < -0.3 is 9.30 Å². The van der Waals surface area contributed by atoms with Crippen LogP contribution in [0.3, 0.4) is 0 Å². The van der Waals surface area contributed by atoms with Crippen molar-refractivity contribution in [2.24, 2.45) is 0 Å². The number of quaternary nitrogens is 1. The quantitative estimate of drug-likeness (QED) is 0.0384. The molecule has 0 saturated heterocycles. The largest absolute Gasteiger partial charge is 0.449 e. The van der Waals surface area contributed by atoms with Crippen LogP contribution in [-0.4, -0.2) is 69.8 Å². The van der Waals surface area contributed by atoms with Crippen LogP contribution >= 0.6 is 0 Å². The Morgan fingerprint density at radius 1 is 0.806 bits per heavy atom. The first kappa shape index (κ1) is 44.8. The molecule has 0 aliphatic rings. The van der Waals surface area contributed by atoms with Gasteiger partial charge in [0.25, 0.3) is 10.0 Å². The summed E-state index contributed by atoms with van der Waals surface area (Å²) in [5.74, 6) is -1.79. The molecule has 4 aromatic heterocycles. The summed E-state index contributed by atoms with van der Waals surface area (Å²) in [4.78, 5) is 73.5. The smallest absolute Gasteiger partial charge is 0.421 e. The standard InChI is InChI=1S/C46H46FN7O7S/c1-4-7-26-61-46(58)52-62(59,60)41-18-9-8-17-37(41)32-19-20-35(38(47)27-32)31-53-42(13-5-2)51-39(6-3)43(53)40(55)21-25-54(36-16-12-24-50-30-36,44(56)33-14-10-22-48-28-33)45(57)34-15-11-23-49-29-34/h8-12,14-20,22-24,27-30H,4-7,13,21,25-26,31H2,1-3H3/p+1. The van der Waals surface area contributed by atoms with E-state index < -0.39 is 44.0 Å². The van der Waals surface area contributed by atoms with Crippen LogP contribution < -0.4 is 9.21 Å². The third kappa shape index (κ3) is 9.72. The van der Waals surface area contributed by atoms with Crippen LogP contribution in [0.15, 0.2) is 121 Å². The summed E-state index contributed by atoms with van der Waals surface area (Å²) >= 11 is 0. The number of ether oxygens (including phenoxy) is 1. The summed E-state index contributed by atoms with van der Waals surface area (Å²) in [7, 11) is -4.40. The van der Waals surface area contributed by atoms with Gasteiger partial charge in [-0.3, -0.25) is 19.7 Å². The van der Waals surface area contributed by atoms with Crippen molar-refractivity contribution in [1.29, 1.82) is 0 Å². The molecule has 0 fully saturated rings. The predicted molar refractivity (Wildman–Crippen MR) is 230 cm³/mol. The molecule has 0 saturated carbocycles. The molecule has 6 rings (SSSR count). The number of amides is 3. The molecule has 0 unspecified atom stereocenters. The minimum absolute atomic E-state index is 0.0548. The number of aryl methyl sites for hydroxylation is 2. The Balaban J connectivity index is 1.36. The summed E-state index contributed by atoms with van der Waals surface area (Å²) in [6.45, 7) is 5.36. The van der Waals surface area contributed by atoms with E-state index >= 15 is 4.39 Å². The molecule has 0 aliphatic carbocycles. The van der Waals surface area contributed by atoms with Crippen LogP contribution in [0.4, 0.5) is 14.9 Å². The van der Waals surface area contributed by atoms with Gasteiger partial charge in [-0.25, -0.2) is 36.9 Å². The topological polar surface area (TPSA) is 180 Å². The van der Waals surface area contributed by atoms with Gasteiger partial charge in [-0.05, 0) is 67.3 Å². The molecule has 320 valence electrons. The van der Waals surface area contributed by atoms with Crippen molar-refractivity contribution >= 4 is 39.4 Å². The Morgan fingerprint density at radius 2 is 1.47 bits per heavy atom. The second-order valence-corrected chi connectivity index (χ2v) is 16.1. The number of imide groups is 1. The van der Waals surface area contributed by atoms with E-state index in [1.165, 1.54) is 67.5 Å². The number of carbonyl (C=O) groups excluding carboxylic acids is 4. The van der Waals surface area contributed by atoms with E-state index in [0.717, 1.165) is 6.42 Å². The van der Waals surface area contributed by atoms with E-state index in [9.17, 15) is 27.6 Å². The summed E-state index contributed by atoms with van der Waals surface area (Å²) in [6.07, 6.45) is 10.1. The Hall–Kier alpha value is -6.78. The number of unbranched alkanes of at least 4 members (excludes halogenated alkanes) is 1. The van der Waals surface area contributed by atoms with Gasteiger partial charge in [0.15, 0.2) is 11.5 Å². The monoisotopic (exact) mass is 860 g/mol. The number of imidazole rings is 1. The molecular weight excluding hydrogens is 814 g/mol. The average molecular weight is 861 g/mol. The maximum atomic E-state index is 16.3. The Bertz CT molecular complexity index is 2610. The summed E-state index contributed by atoms with van der Waals surface area (Å²) < 4.78 is 50.6. The predicted octanol–water partition coefficient (Wildman–Crippen LogP) is 7.91. The SMILES string of the molecule is CCCCOC(=O)NS(=O)(=O)c1ccccc1-c1ccc(Cn2c(CCC)nc(CC)c2C(=O)CC[N+](C(=O)c2cccnc2)(C(=O)c2cccnc2)c2cccnc2)c(F)c1. The number of benzene rings is 2. The maximum Gasteiger partial charge on any atom is 0.421 e. The van der Waals surface area contributed by atoms with Crippen LogP contribution in [-0.2, 0) is 34.1 Å². The Kier molecular flexibility index (Phi) is 14.6. The van der Waals surface area contributed by atoms with Crippen molar-refractivity contribution in [2.45, 2.75) is 70.7 Å². The number of sulfonamides is 1. The highest BCUT2D eigenvalue weighted by Gasteiger charge is 2.49. The van der Waals surface area contributed by atoms with E-state index in [0.29, 0.717) is 37.2 Å². The number of nitrogens with one attached hydrogen (secondary N) is 1. The lowest BCUT2D eigenvalue weighted by atomic mass is 10.0. The van der Waals surface area contributed by atoms with Crippen molar-refractivity contribution < 1.29 is 36.7 Å². The molecule has 2 aromatic carbocycles. The van der Waals surface area contributed by atoms with Crippen LogP contribution in [0.25, 0.3) is 11.1 Å². The van der Waals surface area contributed by atoms with Crippen LogP contribution in [0.2, 0.25) is 0 Å². The minimum Gasteiger partial charge on any atom is -0.449 e. The number of hydrogen-bond donors (Lipinski definition) is 1. The molecule has 0 radical (unpaired) electrons.